The highest BCUT2D eigenvalue weighted by molar-refractivity contribution is 9.10. The van der Waals surface area contributed by atoms with Gasteiger partial charge in [0, 0.05) is 0 Å². The van der Waals surface area contributed by atoms with Crippen LogP contribution < -0.4 is 29.2 Å². The number of nitrogens with zero attached hydrogens (tertiary/aromatic N) is 1. The van der Waals surface area contributed by atoms with E-state index in [1.807, 2.05) is 19.1 Å². The molecule has 4 amide bonds. The number of barbiturate groups is 1. The summed E-state index contributed by atoms with van der Waals surface area (Å²) in [6.45, 7) is 2.35. The van der Waals surface area contributed by atoms with Gasteiger partial charge in [0.15, 0.2) is 23.0 Å². The quantitative estimate of drug-likeness (QED) is 0.218. The average Bonchev–Trinajstić information content (AvgIpc) is 2.90. The molecule has 1 heterocycles. The molecule has 1 aliphatic rings. The largest absolute Gasteiger partial charge is 0.493 e. The first kappa shape index (κ1) is 26.7. The number of amides is 4. The Bertz CT molecular complexity index is 1400. The lowest BCUT2D eigenvalue weighted by molar-refractivity contribution is -0.122. The third-order valence-corrected chi connectivity index (χ3v) is 6.20. The number of anilines is 1. The monoisotopic (exact) mass is 580 g/mol. The van der Waals surface area contributed by atoms with Crippen LogP contribution in [0.4, 0.5) is 10.5 Å². The normalized spacial score (nSPS) is 14.4. The number of aryl methyl sites for hydroxylation is 1. The zero-order valence-corrected chi connectivity index (χ0v) is 22.5. The van der Waals surface area contributed by atoms with Crippen LogP contribution in [0.25, 0.3) is 6.08 Å². The summed E-state index contributed by atoms with van der Waals surface area (Å²) >= 11 is 3.47. The van der Waals surface area contributed by atoms with Gasteiger partial charge in [0.25, 0.3) is 11.8 Å². The lowest BCUT2D eigenvalue weighted by atomic mass is 10.1. The molecule has 196 valence electrons. The summed E-state index contributed by atoms with van der Waals surface area (Å²) in [7, 11) is 3.05. The fraction of sp³-hybridized carbons (Fsp3) is 0.179. The number of hydrogen-bond donors (Lipinski definition) is 1. The van der Waals surface area contributed by atoms with E-state index in [1.165, 1.54) is 13.2 Å². The molecule has 0 saturated carbocycles. The maximum Gasteiger partial charge on any atom is 0.335 e. The zero-order valence-electron chi connectivity index (χ0n) is 20.9. The van der Waals surface area contributed by atoms with Gasteiger partial charge in [0.1, 0.15) is 18.8 Å². The van der Waals surface area contributed by atoms with Gasteiger partial charge in [-0.2, -0.15) is 0 Å². The molecule has 0 bridgehead atoms. The summed E-state index contributed by atoms with van der Waals surface area (Å²) in [5.74, 6) is 0.499. The van der Waals surface area contributed by atoms with Crippen molar-refractivity contribution in [3.05, 3.63) is 81.8 Å². The number of ether oxygens (including phenoxy) is 4. The van der Waals surface area contributed by atoms with Crippen LogP contribution in [0.2, 0.25) is 0 Å². The Kier molecular flexibility index (Phi) is 8.32. The molecule has 0 aromatic heterocycles. The second-order valence-electron chi connectivity index (χ2n) is 8.18. The molecular formula is C28H25BrN2O7. The van der Waals surface area contributed by atoms with Crippen molar-refractivity contribution in [3.63, 3.8) is 0 Å². The van der Waals surface area contributed by atoms with Gasteiger partial charge in [-0.3, -0.25) is 14.9 Å². The first-order valence-electron chi connectivity index (χ1n) is 11.6. The van der Waals surface area contributed by atoms with Crippen molar-refractivity contribution in [3.8, 4) is 23.0 Å². The summed E-state index contributed by atoms with van der Waals surface area (Å²) in [5.41, 5.74) is 1.62. The third kappa shape index (κ3) is 5.81. The first-order chi connectivity index (χ1) is 18.3. The molecule has 38 heavy (non-hydrogen) atoms. The van der Waals surface area contributed by atoms with Crippen LogP contribution >= 0.6 is 15.9 Å². The van der Waals surface area contributed by atoms with E-state index in [0.29, 0.717) is 38.7 Å². The minimum absolute atomic E-state index is 0.196. The molecule has 1 aliphatic heterocycles. The second-order valence-corrected chi connectivity index (χ2v) is 9.03. The number of rotatable bonds is 9. The standard InChI is InChI=1S/C28H25BrN2O7/c1-17-8-10-19(11-9-17)31-27(33)20(26(32)30-28(31)34)14-18-15-21(29)25(24(16-18)36-3)38-13-12-37-23-7-5-4-6-22(23)35-2/h4-11,14-16H,12-13H2,1-3H3,(H,30,32,34). The number of nitrogens with one attached hydrogen (secondary N) is 1. The molecule has 3 aromatic carbocycles. The Morgan fingerprint density at radius 2 is 1.53 bits per heavy atom. The third-order valence-electron chi connectivity index (χ3n) is 5.61. The SMILES string of the molecule is COc1ccccc1OCCOc1c(Br)cc(C=C2C(=O)NC(=O)N(c3ccc(C)cc3)C2=O)cc1OC. The van der Waals surface area contributed by atoms with E-state index in [4.69, 9.17) is 18.9 Å². The van der Waals surface area contributed by atoms with E-state index in [9.17, 15) is 14.4 Å². The molecule has 0 radical (unpaired) electrons. The van der Waals surface area contributed by atoms with Gasteiger partial charge in [-0.05, 0) is 70.9 Å². The Balaban J connectivity index is 1.52. The molecule has 0 unspecified atom stereocenters. The number of benzene rings is 3. The van der Waals surface area contributed by atoms with Crippen molar-refractivity contribution >= 4 is 45.5 Å². The topological polar surface area (TPSA) is 103 Å². The van der Waals surface area contributed by atoms with Crippen LogP contribution in [0.5, 0.6) is 23.0 Å². The van der Waals surface area contributed by atoms with Crippen LogP contribution in [-0.4, -0.2) is 45.3 Å². The van der Waals surface area contributed by atoms with E-state index in [0.717, 1.165) is 10.5 Å². The number of para-hydroxylation sites is 2. The number of carbonyl (C=O) groups excluding carboxylic acids is 3. The summed E-state index contributed by atoms with van der Waals surface area (Å²) in [6, 6.07) is 16.6. The minimum Gasteiger partial charge on any atom is -0.493 e. The van der Waals surface area contributed by atoms with Gasteiger partial charge in [0.2, 0.25) is 0 Å². The van der Waals surface area contributed by atoms with Crippen molar-refractivity contribution < 1.29 is 33.3 Å². The summed E-state index contributed by atoms with van der Waals surface area (Å²) < 4.78 is 22.9. The fourth-order valence-corrected chi connectivity index (χ4v) is 4.32. The maximum absolute atomic E-state index is 13.2. The van der Waals surface area contributed by atoms with Gasteiger partial charge in [-0.1, -0.05) is 29.8 Å². The smallest absolute Gasteiger partial charge is 0.335 e. The lowest BCUT2D eigenvalue weighted by Crippen LogP contribution is -2.54. The van der Waals surface area contributed by atoms with Crippen molar-refractivity contribution in [2.75, 3.05) is 32.3 Å². The Labute approximate surface area is 228 Å². The fourth-order valence-electron chi connectivity index (χ4n) is 3.75. The maximum atomic E-state index is 13.2. The van der Waals surface area contributed by atoms with Gasteiger partial charge in [0.05, 0.1) is 24.4 Å². The molecule has 9 nitrogen and oxygen atoms in total. The Hall–Kier alpha value is -4.31. The predicted octanol–water partition coefficient (Wildman–Crippen LogP) is 4.90. The molecule has 3 aromatic rings. The van der Waals surface area contributed by atoms with Crippen LogP contribution in [0.1, 0.15) is 11.1 Å². The summed E-state index contributed by atoms with van der Waals surface area (Å²) in [6.07, 6.45) is 1.40. The zero-order chi connectivity index (χ0) is 27.2. The minimum atomic E-state index is -0.807. The highest BCUT2D eigenvalue weighted by Gasteiger charge is 2.36. The van der Waals surface area contributed by atoms with Crippen LogP contribution in [-0.2, 0) is 9.59 Å². The molecule has 4 rings (SSSR count). The highest BCUT2D eigenvalue weighted by atomic mass is 79.9. The molecule has 0 aliphatic carbocycles. The average molecular weight is 581 g/mol. The van der Waals surface area contributed by atoms with Gasteiger partial charge >= 0.3 is 6.03 Å². The number of carbonyl (C=O) groups is 3. The molecule has 1 fully saturated rings. The van der Waals surface area contributed by atoms with E-state index in [-0.39, 0.29) is 18.8 Å². The Morgan fingerprint density at radius 1 is 0.868 bits per heavy atom. The van der Waals surface area contributed by atoms with Crippen LogP contribution in [0.15, 0.2) is 70.7 Å². The summed E-state index contributed by atoms with van der Waals surface area (Å²) in [4.78, 5) is 39.1. The number of urea groups is 1. The van der Waals surface area contributed by atoms with E-state index in [1.54, 1.807) is 55.6 Å². The van der Waals surface area contributed by atoms with Crippen molar-refractivity contribution in [2.45, 2.75) is 6.92 Å². The van der Waals surface area contributed by atoms with E-state index < -0.39 is 17.8 Å². The molecule has 10 heteroatoms. The molecular weight excluding hydrogens is 556 g/mol. The van der Waals surface area contributed by atoms with Gasteiger partial charge in [-0.15, -0.1) is 0 Å². The number of halogens is 1. The van der Waals surface area contributed by atoms with Crippen molar-refractivity contribution in [2.24, 2.45) is 0 Å². The van der Waals surface area contributed by atoms with E-state index >= 15 is 0 Å². The summed E-state index contributed by atoms with van der Waals surface area (Å²) in [5, 5.41) is 2.22. The van der Waals surface area contributed by atoms with Crippen LogP contribution in [0, 0.1) is 6.92 Å². The van der Waals surface area contributed by atoms with Crippen molar-refractivity contribution in [1.29, 1.82) is 0 Å². The predicted molar refractivity (Wildman–Crippen MR) is 145 cm³/mol. The number of imide groups is 2. The molecule has 0 atom stereocenters. The van der Waals surface area contributed by atoms with Gasteiger partial charge in [-0.25, -0.2) is 9.69 Å². The van der Waals surface area contributed by atoms with Gasteiger partial charge < -0.3 is 18.9 Å². The Morgan fingerprint density at radius 3 is 2.21 bits per heavy atom. The molecule has 1 saturated heterocycles. The van der Waals surface area contributed by atoms with Crippen LogP contribution in [0.3, 0.4) is 0 Å². The number of methoxy groups -OCH3 is 2. The number of hydrogen-bond acceptors (Lipinski definition) is 7. The highest BCUT2D eigenvalue weighted by Crippen LogP contribution is 2.37. The lowest BCUT2D eigenvalue weighted by Gasteiger charge is -2.26. The molecule has 1 N–H and O–H groups in total. The second kappa shape index (κ2) is 11.8. The first-order valence-corrected chi connectivity index (χ1v) is 12.4. The molecule has 0 spiro atoms. The van der Waals surface area contributed by atoms with E-state index in [2.05, 4.69) is 21.2 Å². The van der Waals surface area contributed by atoms with Crippen molar-refractivity contribution in [1.82, 2.24) is 5.32 Å².